The van der Waals surface area contributed by atoms with Gasteiger partial charge in [0, 0.05) is 56.1 Å². The normalized spacial score (nSPS) is 23.0. The first-order valence-electron chi connectivity index (χ1n) is 9.42. The summed E-state index contributed by atoms with van der Waals surface area (Å²) in [7, 11) is 1.70. The van der Waals surface area contributed by atoms with E-state index >= 15 is 0 Å². The predicted molar refractivity (Wildman–Crippen MR) is 99.8 cm³/mol. The summed E-state index contributed by atoms with van der Waals surface area (Å²) < 4.78 is 10.7. The van der Waals surface area contributed by atoms with Crippen LogP contribution in [0.2, 0.25) is 0 Å². The van der Waals surface area contributed by atoms with Gasteiger partial charge in [0.05, 0.1) is 32.6 Å². The Labute approximate surface area is 153 Å². The molecule has 0 N–H and O–H groups in total. The molecular formula is C19H25N5O2. The van der Waals surface area contributed by atoms with Crippen LogP contribution in [0.1, 0.15) is 0 Å². The summed E-state index contributed by atoms with van der Waals surface area (Å²) in [5, 5.41) is 10.8. The van der Waals surface area contributed by atoms with E-state index in [9.17, 15) is 0 Å². The van der Waals surface area contributed by atoms with Crippen molar-refractivity contribution in [1.82, 2.24) is 20.0 Å². The molecule has 3 aliphatic heterocycles. The van der Waals surface area contributed by atoms with Gasteiger partial charge in [0.25, 0.3) is 0 Å². The molecule has 3 aliphatic rings. The van der Waals surface area contributed by atoms with E-state index in [1.165, 1.54) is 0 Å². The molecule has 3 saturated heterocycles. The fraction of sp³-hybridized carbons (Fsp3) is 0.579. The molecule has 7 heteroatoms. The van der Waals surface area contributed by atoms with E-state index in [1.807, 2.05) is 18.3 Å². The molecular weight excluding hydrogens is 330 g/mol. The van der Waals surface area contributed by atoms with Crippen molar-refractivity contribution < 1.29 is 9.47 Å². The van der Waals surface area contributed by atoms with Crippen molar-refractivity contribution in [3.8, 4) is 5.75 Å². The van der Waals surface area contributed by atoms with Gasteiger partial charge in [0.15, 0.2) is 5.82 Å². The second kappa shape index (κ2) is 6.64. The third-order valence-electron chi connectivity index (χ3n) is 6.01. The number of anilines is 1. The Balaban J connectivity index is 1.24. The van der Waals surface area contributed by atoms with E-state index in [0.29, 0.717) is 12.1 Å². The summed E-state index contributed by atoms with van der Waals surface area (Å²) in [5.41, 5.74) is 0. The van der Waals surface area contributed by atoms with Gasteiger partial charge in [-0.2, -0.15) is 5.10 Å². The summed E-state index contributed by atoms with van der Waals surface area (Å²) in [6, 6.07) is 7.37. The Morgan fingerprint density at radius 3 is 2.42 bits per heavy atom. The average molecular weight is 355 g/mol. The Hall–Kier alpha value is -1.96. The van der Waals surface area contributed by atoms with E-state index in [1.54, 1.807) is 7.11 Å². The summed E-state index contributed by atoms with van der Waals surface area (Å²) in [5.74, 6) is 1.84. The summed E-state index contributed by atoms with van der Waals surface area (Å²) >= 11 is 0. The molecule has 0 bridgehead atoms. The number of benzene rings is 1. The first kappa shape index (κ1) is 16.2. The maximum atomic E-state index is 5.38. The minimum atomic E-state index is 0.623. The highest BCUT2D eigenvalue weighted by atomic mass is 16.5. The van der Waals surface area contributed by atoms with Gasteiger partial charge < -0.3 is 14.4 Å². The van der Waals surface area contributed by atoms with Gasteiger partial charge >= 0.3 is 0 Å². The zero-order valence-corrected chi connectivity index (χ0v) is 15.2. The van der Waals surface area contributed by atoms with Crippen LogP contribution in [-0.4, -0.2) is 91.7 Å². The molecule has 3 fully saturated rings. The molecule has 0 radical (unpaired) electrons. The summed E-state index contributed by atoms with van der Waals surface area (Å²) in [6.45, 7) is 8.52. The van der Waals surface area contributed by atoms with Crippen molar-refractivity contribution in [1.29, 1.82) is 0 Å². The molecule has 2 aromatic rings. The van der Waals surface area contributed by atoms with Gasteiger partial charge in [-0.25, -0.2) is 0 Å². The maximum Gasteiger partial charge on any atom is 0.159 e. The van der Waals surface area contributed by atoms with Crippen LogP contribution in [0.3, 0.4) is 0 Å². The Morgan fingerprint density at radius 2 is 1.77 bits per heavy atom. The van der Waals surface area contributed by atoms with Crippen LogP contribution < -0.4 is 9.64 Å². The van der Waals surface area contributed by atoms with Crippen molar-refractivity contribution in [3.05, 3.63) is 24.4 Å². The molecule has 1 aromatic carbocycles. The average Bonchev–Trinajstić information content (AvgIpc) is 2.60. The van der Waals surface area contributed by atoms with Gasteiger partial charge in [0.1, 0.15) is 5.75 Å². The van der Waals surface area contributed by atoms with Crippen LogP contribution in [-0.2, 0) is 4.74 Å². The lowest BCUT2D eigenvalue weighted by Crippen LogP contribution is -2.65. The van der Waals surface area contributed by atoms with Crippen molar-refractivity contribution >= 4 is 16.6 Å². The lowest BCUT2D eigenvalue weighted by atomic mass is 10.0. The quantitative estimate of drug-likeness (QED) is 0.806. The second-order valence-corrected chi connectivity index (χ2v) is 7.44. The number of nitrogens with zero attached hydrogens (tertiary/aromatic N) is 5. The highest BCUT2D eigenvalue weighted by molar-refractivity contribution is 5.92. The number of rotatable bonds is 4. The second-order valence-electron chi connectivity index (χ2n) is 7.44. The van der Waals surface area contributed by atoms with E-state index in [-0.39, 0.29) is 0 Å². The Morgan fingerprint density at radius 1 is 1.04 bits per heavy atom. The van der Waals surface area contributed by atoms with Gasteiger partial charge in [-0.3, -0.25) is 9.80 Å². The number of fused-ring (bicyclic) bond motifs is 1. The number of hydrogen-bond acceptors (Lipinski definition) is 7. The number of ether oxygens (including phenoxy) is 2. The molecule has 138 valence electrons. The highest BCUT2D eigenvalue weighted by Gasteiger charge is 2.36. The van der Waals surface area contributed by atoms with E-state index < -0.39 is 0 Å². The molecule has 26 heavy (non-hydrogen) atoms. The number of hydrogen-bond donors (Lipinski definition) is 0. The fourth-order valence-corrected chi connectivity index (χ4v) is 4.16. The fourth-order valence-electron chi connectivity index (χ4n) is 4.16. The lowest BCUT2D eigenvalue weighted by Gasteiger charge is -2.50. The van der Waals surface area contributed by atoms with Crippen LogP contribution in [0.4, 0.5) is 5.82 Å². The lowest BCUT2D eigenvalue weighted by molar-refractivity contribution is -0.0804. The molecule has 0 saturated carbocycles. The molecule has 0 spiro atoms. The topological polar surface area (TPSA) is 54.0 Å². The van der Waals surface area contributed by atoms with Crippen molar-refractivity contribution in [3.63, 3.8) is 0 Å². The minimum Gasteiger partial charge on any atom is -0.497 e. The molecule has 0 aliphatic carbocycles. The van der Waals surface area contributed by atoms with Gasteiger partial charge in [0.2, 0.25) is 0 Å². The van der Waals surface area contributed by atoms with Gasteiger partial charge in [-0.15, -0.1) is 5.10 Å². The van der Waals surface area contributed by atoms with Crippen molar-refractivity contribution in [2.24, 2.45) is 0 Å². The van der Waals surface area contributed by atoms with Gasteiger partial charge in [-0.1, -0.05) is 0 Å². The molecule has 5 rings (SSSR count). The minimum absolute atomic E-state index is 0.623. The van der Waals surface area contributed by atoms with Crippen LogP contribution in [0.5, 0.6) is 5.75 Å². The zero-order chi connectivity index (χ0) is 17.5. The zero-order valence-electron chi connectivity index (χ0n) is 15.2. The first-order chi connectivity index (χ1) is 12.8. The molecule has 0 unspecified atom stereocenters. The van der Waals surface area contributed by atoms with Crippen LogP contribution in [0.15, 0.2) is 24.4 Å². The van der Waals surface area contributed by atoms with E-state index in [2.05, 4.69) is 31.0 Å². The van der Waals surface area contributed by atoms with E-state index in [0.717, 1.165) is 74.8 Å². The summed E-state index contributed by atoms with van der Waals surface area (Å²) in [4.78, 5) is 7.55. The molecule has 1 aromatic heterocycles. The van der Waals surface area contributed by atoms with Gasteiger partial charge in [-0.05, 0) is 18.2 Å². The Bertz CT molecular complexity index is 783. The summed E-state index contributed by atoms with van der Waals surface area (Å²) in [6.07, 6.45) is 1.82. The molecule has 0 atom stereocenters. The Kier molecular flexibility index (Phi) is 4.15. The van der Waals surface area contributed by atoms with Crippen molar-refractivity contribution in [2.45, 2.75) is 12.1 Å². The number of methoxy groups -OCH3 is 1. The smallest absolute Gasteiger partial charge is 0.159 e. The molecule has 0 amide bonds. The first-order valence-corrected chi connectivity index (χ1v) is 9.42. The third-order valence-corrected chi connectivity index (χ3v) is 6.01. The number of piperazine rings is 1. The predicted octanol–water partition coefficient (Wildman–Crippen LogP) is 0.843. The monoisotopic (exact) mass is 355 g/mol. The maximum absolute atomic E-state index is 5.38. The standard InChI is InChI=1S/C19H25N5O2/c1-25-17-3-2-14-9-20-21-19(18(14)8-17)24-10-15(11-24)22-4-6-23(7-5-22)16-12-26-13-16/h2-3,8-9,15-16H,4-7,10-13H2,1H3. The SMILES string of the molecule is COc1ccc2cnnc(N3CC(N4CCN(C5COC5)CC4)C3)c2c1. The van der Waals surface area contributed by atoms with Crippen molar-refractivity contribution in [2.75, 3.05) is 64.5 Å². The van der Waals surface area contributed by atoms with E-state index in [4.69, 9.17) is 9.47 Å². The van der Waals surface area contributed by atoms with Crippen LogP contribution >= 0.6 is 0 Å². The molecule has 7 nitrogen and oxygen atoms in total. The number of aromatic nitrogens is 2. The van der Waals surface area contributed by atoms with Crippen LogP contribution in [0, 0.1) is 0 Å². The largest absolute Gasteiger partial charge is 0.497 e. The molecule has 4 heterocycles. The third kappa shape index (κ3) is 2.80. The van der Waals surface area contributed by atoms with Crippen LogP contribution in [0.25, 0.3) is 10.8 Å². The highest BCUT2D eigenvalue weighted by Crippen LogP contribution is 2.31.